The third kappa shape index (κ3) is 3.30. The van der Waals surface area contributed by atoms with E-state index in [1.165, 1.54) is 30.5 Å². The number of ether oxygens (including phenoxy) is 1. The van der Waals surface area contributed by atoms with Gasteiger partial charge in [0, 0.05) is 12.1 Å². The van der Waals surface area contributed by atoms with E-state index in [4.69, 9.17) is 4.74 Å². The van der Waals surface area contributed by atoms with E-state index in [2.05, 4.69) is 4.98 Å². The second kappa shape index (κ2) is 6.12. The first-order chi connectivity index (χ1) is 9.60. The van der Waals surface area contributed by atoms with Crippen LogP contribution in [0.15, 0.2) is 42.6 Å². The van der Waals surface area contributed by atoms with Gasteiger partial charge in [-0.1, -0.05) is 6.92 Å². The molecule has 2 rings (SSSR count). The Morgan fingerprint density at radius 2 is 1.90 bits per heavy atom. The standard InChI is InChI=1S/C14H14N2O4/c1-2-14(17)13-8-7-12(9-15-13)20-11-5-3-10(4-6-11)16(18)19/h3-9,14,17H,2H2,1H3/t14-/m0/s1. The molecule has 0 unspecified atom stereocenters. The molecule has 0 aliphatic rings. The van der Waals surface area contributed by atoms with Crippen molar-refractivity contribution in [3.8, 4) is 11.5 Å². The lowest BCUT2D eigenvalue weighted by Crippen LogP contribution is -1.98. The maximum atomic E-state index is 10.5. The van der Waals surface area contributed by atoms with Crippen LogP contribution in [0.2, 0.25) is 0 Å². The number of benzene rings is 1. The largest absolute Gasteiger partial charge is 0.456 e. The summed E-state index contributed by atoms with van der Waals surface area (Å²) in [6, 6.07) is 9.17. The van der Waals surface area contributed by atoms with Crippen LogP contribution < -0.4 is 4.74 Å². The number of aromatic nitrogens is 1. The summed E-state index contributed by atoms with van der Waals surface area (Å²) in [4.78, 5) is 14.2. The first-order valence-electron chi connectivity index (χ1n) is 6.16. The minimum Gasteiger partial charge on any atom is -0.456 e. The highest BCUT2D eigenvalue weighted by Gasteiger charge is 2.08. The van der Waals surface area contributed by atoms with Crippen molar-refractivity contribution in [1.29, 1.82) is 0 Å². The summed E-state index contributed by atoms with van der Waals surface area (Å²) in [5.41, 5.74) is 0.598. The molecule has 0 spiro atoms. The molecule has 0 saturated carbocycles. The van der Waals surface area contributed by atoms with E-state index < -0.39 is 11.0 Å². The predicted molar refractivity (Wildman–Crippen MR) is 72.7 cm³/mol. The first-order valence-corrected chi connectivity index (χ1v) is 6.16. The number of hydrogen-bond donors (Lipinski definition) is 1. The lowest BCUT2D eigenvalue weighted by atomic mass is 10.2. The summed E-state index contributed by atoms with van der Waals surface area (Å²) in [6.07, 6.45) is 1.52. The third-order valence-corrected chi connectivity index (χ3v) is 2.77. The highest BCUT2D eigenvalue weighted by molar-refractivity contribution is 5.38. The van der Waals surface area contributed by atoms with Crippen LogP contribution in [0.1, 0.15) is 25.1 Å². The fourth-order valence-corrected chi connectivity index (χ4v) is 1.63. The highest BCUT2D eigenvalue weighted by atomic mass is 16.6. The predicted octanol–water partition coefficient (Wildman–Crippen LogP) is 3.23. The van der Waals surface area contributed by atoms with E-state index in [9.17, 15) is 15.2 Å². The van der Waals surface area contributed by atoms with Crippen molar-refractivity contribution in [1.82, 2.24) is 4.98 Å². The quantitative estimate of drug-likeness (QED) is 0.668. The van der Waals surface area contributed by atoms with E-state index in [-0.39, 0.29) is 5.69 Å². The average Bonchev–Trinajstić information content (AvgIpc) is 2.48. The minimum atomic E-state index is -0.580. The average molecular weight is 274 g/mol. The number of nitro benzene ring substituents is 1. The smallest absolute Gasteiger partial charge is 0.269 e. The number of pyridine rings is 1. The van der Waals surface area contributed by atoms with Crippen LogP contribution in [0.5, 0.6) is 11.5 Å². The maximum Gasteiger partial charge on any atom is 0.269 e. The normalized spacial score (nSPS) is 11.9. The first kappa shape index (κ1) is 14.0. The summed E-state index contributed by atoms with van der Waals surface area (Å²) >= 11 is 0. The van der Waals surface area contributed by atoms with Crippen molar-refractivity contribution in [2.24, 2.45) is 0 Å². The molecule has 1 atom stereocenters. The van der Waals surface area contributed by atoms with Gasteiger partial charge in [0.05, 0.1) is 22.9 Å². The molecule has 0 bridgehead atoms. The summed E-state index contributed by atoms with van der Waals surface area (Å²) in [6.45, 7) is 1.87. The zero-order valence-electron chi connectivity index (χ0n) is 10.9. The molecular formula is C14H14N2O4. The van der Waals surface area contributed by atoms with Crippen LogP contribution in [0, 0.1) is 10.1 Å². The molecule has 0 fully saturated rings. The number of aliphatic hydroxyl groups excluding tert-OH is 1. The second-order valence-electron chi connectivity index (χ2n) is 4.20. The van der Waals surface area contributed by atoms with Gasteiger partial charge in [0.15, 0.2) is 0 Å². The molecule has 0 aliphatic heterocycles. The molecule has 0 radical (unpaired) electrons. The van der Waals surface area contributed by atoms with E-state index in [1.54, 1.807) is 12.1 Å². The molecule has 20 heavy (non-hydrogen) atoms. The van der Waals surface area contributed by atoms with E-state index in [1.807, 2.05) is 6.92 Å². The molecule has 6 nitrogen and oxygen atoms in total. The zero-order chi connectivity index (χ0) is 14.5. The SMILES string of the molecule is CC[C@H](O)c1ccc(Oc2ccc([N+](=O)[O-])cc2)cn1. The van der Waals surface area contributed by atoms with Crippen LogP contribution >= 0.6 is 0 Å². The van der Waals surface area contributed by atoms with Gasteiger partial charge in [-0.25, -0.2) is 0 Å². The van der Waals surface area contributed by atoms with Gasteiger partial charge >= 0.3 is 0 Å². The molecule has 1 heterocycles. The van der Waals surface area contributed by atoms with Gasteiger partial charge in [-0.05, 0) is 30.7 Å². The zero-order valence-corrected chi connectivity index (χ0v) is 10.9. The lowest BCUT2D eigenvalue weighted by Gasteiger charge is -2.08. The molecule has 104 valence electrons. The highest BCUT2D eigenvalue weighted by Crippen LogP contribution is 2.24. The van der Waals surface area contributed by atoms with E-state index >= 15 is 0 Å². The fourth-order valence-electron chi connectivity index (χ4n) is 1.63. The Morgan fingerprint density at radius 1 is 1.25 bits per heavy atom. The van der Waals surface area contributed by atoms with Gasteiger partial charge in [-0.2, -0.15) is 0 Å². The lowest BCUT2D eigenvalue weighted by molar-refractivity contribution is -0.384. The summed E-state index contributed by atoms with van der Waals surface area (Å²) < 4.78 is 5.51. The second-order valence-corrected chi connectivity index (χ2v) is 4.20. The van der Waals surface area contributed by atoms with Crippen molar-refractivity contribution in [2.45, 2.75) is 19.4 Å². The van der Waals surface area contributed by atoms with Crippen LogP contribution in [0.3, 0.4) is 0 Å². The number of nitro groups is 1. The topological polar surface area (TPSA) is 85.5 Å². The number of hydrogen-bond acceptors (Lipinski definition) is 5. The summed E-state index contributed by atoms with van der Waals surface area (Å²) in [5.74, 6) is 0.993. The Hall–Kier alpha value is -2.47. The molecular weight excluding hydrogens is 260 g/mol. The minimum absolute atomic E-state index is 0.0110. The Balaban J connectivity index is 2.08. The summed E-state index contributed by atoms with van der Waals surface area (Å²) in [5, 5.41) is 20.2. The van der Waals surface area contributed by atoms with Crippen LogP contribution in [0.4, 0.5) is 5.69 Å². The Bertz CT molecular complexity index is 581. The van der Waals surface area contributed by atoms with E-state index in [0.29, 0.717) is 23.6 Å². The molecule has 1 aromatic heterocycles. The van der Waals surface area contributed by atoms with Crippen molar-refractivity contribution in [3.63, 3.8) is 0 Å². The number of nitrogens with zero attached hydrogens (tertiary/aromatic N) is 2. The van der Waals surface area contributed by atoms with Crippen LogP contribution in [-0.4, -0.2) is 15.0 Å². The number of rotatable bonds is 5. The fraction of sp³-hybridized carbons (Fsp3) is 0.214. The Labute approximate surface area is 115 Å². The van der Waals surface area contributed by atoms with Crippen molar-refractivity contribution >= 4 is 5.69 Å². The van der Waals surface area contributed by atoms with E-state index in [0.717, 1.165) is 0 Å². The Kier molecular flexibility index (Phi) is 4.27. The Morgan fingerprint density at radius 3 is 2.40 bits per heavy atom. The van der Waals surface area contributed by atoms with Crippen LogP contribution in [0.25, 0.3) is 0 Å². The van der Waals surface area contributed by atoms with Crippen molar-refractivity contribution in [2.75, 3.05) is 0 Å². The number of aliphatic hydroxyl groups is 1. The van der Waals surface area contributed by atoms with Crippen LogP contribution in [-0.2, 0) is 0 Å². The van der Waals surface area contributed by atoms with Gasteiger partial charge in [-0.15, -0.1) is 0 Å². The molecule has 0 saturated heterocycles. The molecule has 1 N–H and O–H groups in total. The molecule has 2 aromatic rings. The van der Waals surface area contributed by atoms with Gasteiger partial charge < -0.3 is 9.84 Å². The van der Waals surface area contributed by atoms with Gasteiger partial charge in [-0.3, -0.25) is 15.1 Å². The summed E-state index contributed by atoms with van der Waals surface area (Å²) in [7, 11) is 0. The third-order valence-electron chi connectivity index (χ3n) is 2.77. The number of non-ortho nitro benzene ring substituents is 1. The molecule has 1 aromatic carbocycles. The molecule has 6 heteroatoms. The van der Waals surface area contributed by atoms with Crippen molar-refractivity contribution in [3.05, 3.63) is 58.4 Å². The monoisotopic (exact) mass is 274 g/mol. The van der Waals surface area contributed by atoms with Gasteiger partial charge in [0.2, 0.25) is 0 Å². The van der Waals surface area contributed by atoms with Gasteiger partial charge in [0.25, 0.3) is 5.69 Å². The van der Waals surface area contributed by atoms with Gasteiger partial charge in [0.1, 0.15) is 11.5 Å². The van der Waals surface area contributed by atoms with Crippen molar-refractivity contribution < 1.29 is 14.8 Å². The maximum absolute atomic E-state index is 10.5. The molecule has 0 amide bonds. The molecule has 0 aliphatic carbocycles.